The van der Waals surface area contributed by atoms with Crippen LogP contribution in [0.2, 0.25) is 5.02 Å². The first-order valence-corrected chi connectivity index (χ1v) is 16.9. The van der Waals surface area contributed by atoms with E-state index in [2.05, 4.69) is 42.4 Å². The first kappa shape index (κ1) is 29.2. The van der Waals surface area contributed by atoms with Crippen LogP contribution in [0.5, 0.6) is 5.75 Å². The Morgan fingerprint density at radius 1 is 1.02 bits per heavy atom. The van der Waals surface area contributed by atoms with Gasteiger partial charge in [0.1, 0.15) is 17.9 Å². The predicted octanol–water partition coefficient (Wildman–Crippen LogP) is 6.48. The van der Waals surface area contributed by atoms with Gasteiger partial charge in [0.15, 0.2) is 5.82 Å². The van der Waals surface area contributed by atoms with Crippen LogP contribution in [-0.4, -0.2) is 65.9 Å². The van der Waals surface area contributed by atoms with Gasteiger partial charge in [-0.05, 0) is 86.9 Å². The number of aryl methyl sites for hydroxylation is 2. The van der Waals surface area contributed by atoms with Crippen LogP contribution < -0.4 is 20.7 Å². The van der Waals surface area contributed by atoms with Crippen molar-refractivity contribution in [3.63, 3.8) is 0 Å². The molecule has 3 aliphatic rings. The summed E-state index contributed by atoms with van der Waals surface area (Å²) in [7, 11) is -3.02. The summed E-state index contributed by atoms with van der Waals surface area (Å²) in [6, 6.07) is 11.7. The molecule has 0 amide bonds. The molecule has 2 bridgehead atoms. The van der Waals surface area contributed by atoms with E-state index in [9.17, 15) is 17.7 Å². The van der Waals surface area contributed by atoms with Crippen LogP contribution in [0.25, 0.3) is 0 Å². The zero-order valence-corrected chi connectivity index (χ0v) is 24.9. The third-order valence-corrected chi connectivity index (χ3v) is 9.97. The summed E-state index contributed by atoms with van der Waals surface area (Å²) in [5, 5.41) is 6.63. The standard InChI is InChI=1S/C29H32ClF3N5O3P/c1-42(2,39)26-13-23(41-29(31,32)33)9-10-25(26)36-27-24(30)14-34-28(37-27)35-19-6-3-17-4-7-20(8-5-18(17)11-19)38-21-12-22(38)16-40-15-21/h3,6,9-11,13-14,20-22H,4-5,7-8,12,15-16H2,1-2H3,(H2,34,35,36,37)/t20-,21?,22?/m1/s1. The van der Waals surface area contributed by atoms with Gasteiger partial charge in [-0.2, -0.15) is 4.98 Å². The number of halogens is 4. The van der Waals surface area contributed by atoms with Gasteiger partial charge >= 0.3 is 6.36 Å². The van der Waals surface area contributed by atoms with Crippen molar-refractivity contribution < 1.29 is 27.2 Å². The average molecular weight is 622 g/mol. The van der Waals surface area contributed by atoms with Crippen molar-refractivity contribution >= 4 is 47.2 Å². The Hall–Kier alpha value is -2.85. The number of hydrogen-bond donors (Lipinski definition) is 2. The van der Waals surface area contributed by atoms with Crippen molar-refractivity contribution in [1.29, 1.82) is 0 Å². The summed E-state index contributed by atoms with van der Waals surface area (Å²) in [5.74, 6) is 0.0472. The third kappa shape index (κ3) is 6.39. The maximum absolute atomic E-state index is 12.9. The minimum Gasteiger partial charge on any atom is -0.406 e. The molecule has 2 fully saturated rings. The monoisotopic (exact) mass is 621 g/mol. The number of fused-ring (bicyclic) bond motifs is 3. The number of nitrogens with zero attached hydrogens (tertiary/aromatic N) is 3. The number of alkyl halides is 3. The van der Waals surface area contributed by atoms with E-state index in [0.717, 1.165) is 56.7 Å². The third-order valence-electron chi connectivity index (χ3n) is 8.17. The summed E-state index contributed by atoms with van der Waals surface area (Å²) < 4.78 is 60.9. The molecular formula is C29H32ClF3N5O3P. The lowest BCUT2D eigenvalue weighted by Crippen LogP contribution is -2.66. The number of hydrogen-bond acceptors (Lipinski definition) is 8. The lowest BCUT2D eigenvalue weighted by molar-refractivity contribution is -0.274. The SMILES string of the molecule is CP(C)(=O)c1cc(OC(F)(F)F)ccc1Nc1nc(Nc2ccc3c(c2)CC[C@H](N2C4COCC2C4)CC3)ncc1Cl. The fraction of sp³-hybridized carbons (Fsp3) is 0.448. The van der Waals surface area contributed by atoms with Gasteiger partial charge in [-0.3, -0.25) is 4.90 Å². The summed E-state index contributed by atoms with van der Waals surface area (Å²) >= 11 is 6.37. The predicted molar refractivity (Wildman–Crippen MR) is 158 cm³/mol. The molecule has 13 heteroatoms. The van der Waals surface area contributed by atoms with Gasteiger partial charge in [-0.15, -0.1) is 13.2 Å². The van der Waals surface area contributed by atoms with Gasteiger partial charge in [0, 0.05) is 29.1 Å². The molecule has 8 nitrogen and oxygen atoms in total. The van der Waals surface area contributed by atoms with Gasteiger partial charge in [-0.25, -0.2) is 4.98 Å². The van der Waals surface area contributed by atoms with Crippen molar-refractivity contribution in [3.05, 3.63) is 58.7 Å². The Morgan fingerprint density at radius 2 is 1.76 bits per heavy atom. The van der Waals surface area contributed by atoms with Crippen LogP contribution in [-0.2, 0) is 22.1 Å². The fourth-order valence-corrected chi connectivity index (χ4v) is 7.55. The van der Waals surface area contributed by atoms with Crippen molar-refractivity contribution in [2.45, 2.75) is 56.6 Å². The minimum absolute atomic E-state index is 0.173. The number of ether oxygens (including phenoxy) is 2. The molecule has 2 saturated heterocycles. The zero-order chi connectivity index (χ0) is 29.6. The highest BCUT2D eigenvalue weighted by Crippen LogP contribution is 2.41. The van der Waals surface area contributed by atoms with Crippen LogP contribution in [0.4, 0.5) is 36.3 Å². The normalized spacial score (nSPS) is 22.5. The maximum atomic E-state index is 12.9. The molecule has 0 spiro atoms. The number of aromatic nitrogens is 2. The molecule has 2 unspecified atom stereocenters. The number of morpholine rings is 1. The van der Waals surface area contributed by atoms with E-state index < -0.39 is 19.3 Å². The first-order valence-electron chi connectivity index (χ1n) is 13.9. The minimum atomic E-state index is -4.87. The summed E-state index contributed by atoms with van der Waals surface area (Å²) in [5.41, 5.74) is 3.82. The summed E-state index contributed by atoms with van der Waals surface area (Å²) in [6.45, 7) is 4.62. The van der Waals surface area contributed by atoms with Crippen LogP contribution in [0, 0.1) is 0 Å². The van der Waals surface area contributed by atoms with E-state index in [0.29, 0.717) is 23.8 Å². The lowest BCUT2D eigenvalue weighted by atomic mass is 9.87. The van der Waals surface area contributed by atoms with Crippen LogP contribution in [0.1, 0.15) is 30.4 Å². The molecular weight excluding hydrogens is 590 g/mol. The first-order chi connectivity index (χ1) is 19.9. The molecule has 0 radical (unpaired) electrons. The average Bonchev–Trinajstić information content (AvgIpc) is 3.12. The molecule has 3 atom stereocenters. The number of benzene rings is 2. The molecule has 2 aromatic carbocycles. The fourth-order valence-electron chi connectivity index (χ4n) is 6.26. The highest BCUT2D eigenvalue weighted by Gasteiger charge is 2.45. The van der Waals surface area contributed by atoms with E-state index >= 15 is 0 Å². The van der Waals surface area contributed by atoms with Gasteiger partial charge < -0.3 is 24.7 Å². The quantitative estimate of drug-likeness (QED) is 0.229. The second-order valence-corrected chi connectivity index (χ2v) is 15.1. The van der Waals surface area contributed by atoms with Crippen LogP contribution >= 0.6 is 18.7 Å². The van der Waals surface area contributed by atoms with E-state index in [1.54, 1.807) is 0 Å². The van der Waals surface area contributed by atoms with E-state index in [1.165, 1.54) is 43.1 Å². The molecule has 3 aromatic rings. The lowest BCUT2D eigenvalue weighted by Gasteiger charge is -2.56. The summed E-state index contributed by atoms with van der Waals surface area (Å²) in [6.07, 6.45) is 2.11. The molecule has 3 heterocycles. The Morgan fingerprint density at radius 3 is 2.45 bits per heavy atom. The van der Waals surface area contributed by atoms with Crippen molar-refractivity contribution in [2.75, 3.05) is 37.2 Å². The number of anilines is 4. The Kier molecular flexibility index (Phi) is 7.89. The molecule has 1 aliphatic carbocycles. The maximum Gasteiger partial charge on any atom is 0.573 e. The Balaban J connectivity index is 1.18. The second kappa shape index (κ2) is 11.3. The Labute approximate surface area is 247 Å². The van der Waals surface area contributed by atoms with Gasteiger partial charge in [0.25, 0.3) is 0 Å². The van der Waals surface area contributed by atoms with E-state index in [1.807, 2.05) is 6.07 Å². The topological polar surface area (TPSA) is 88.6 Å². The van der Waals surface area contributed by atoms with E-state index in [-0.39, 0.29) is 22.1 Å². The molecule has 42 heavy (non-hydrogen) atoms. The largest absolute Gasteiger partial charge is 0.573 e. The number of rotatable bonds is 7. The van der Waals surface area contributed by atoms with Crippen molar-refractivity contribution in [3.8, 4) is 5.75 Å². The van der Waals surface area contributed by atoms with Gasteiger partial charge in [0.05, 0.1) is 25.1 Å². The molecule has 1 aromatic heterocycles. The molecule has 2 aliphatic heterocycles. The Bertz CT molecular complexity index is 1520. The van der Waals surface area contributed by atoms with Crippen LogP contribution in [0.15, 0.2) is 42.6 Å². The van der Waals surface area contributed by atoms with Crippen molar-refractivity contribution in [1.82, 2.24) is 14.9 Å². The highest BCUT2D eigenvalue weighted by atomic mass is 35.5. The van der Waals surface area contributed by atoms with Crippen molar-refractivity contribution in [2.24, 2.45) is 0 Å². The highest BCUT2D eigenvalue weighted by molar-refractivity contribution is 7.70. The zero-order valence-electron chi connectivity index (χ0n) is 23.2. The molecule has 6 rings (SSSR count). The molecule has 2 N–H and O–H groups in total. The molecule has 0 saturated carbocycles. The number of nitrogens with one attached hydrogen (secondary N) is 2. The van der Waals surface area contributed by atoms with Gasteiger partial charge in [0.2, 0.25) is 5.95 Å². The van der Waals surface area contributed by atoms with E-state index in [4.69, 9.17) is 16.3 Å². The molecule has 224 valence electrons. The van der Waals surface area contributed by atoms with Crippen LogP contribution in [0.3, 0.4) is 0 Å². The smallest absolute Gasteiger partial charge is 0.406 e. The van der Waals surface area contributed by atoms with Gasteiger partial charge in [-0.1, -0.05) is 17.7 Å². The summed E-state index contributed by atoms with van der Waals surface area (Å²) in [4.78, 5) is 11.5. The second-order valence-electron chi connectivity index (χ2n) is 11.5.